The van der Waals surface area contributed by atoms with Gasteiger partial charge in [-0.25, -0.2) is 0 Å². The van der Waals surface area contributed by atoms with Crippen LogP contribution in [0.2, 0.25) is 0 Å². The second-order valence-corrected chi connectivity index (χ2v) is 7.62. The standard InChI is InChI=1S/C18H32N4O2/c1-3-20-7-4-5-16(20)13-22-12-15(9-17(22)23)18(24)21-8-6-14(11-21)10-19-2/h14-16,19H,3-13H2,1-2H3. The van der Waals surface area contributed by atoms with Crippen LogP contribution in [-0.4, -0.2) is 85.4 Å². The lowest BCUT2D eigenvalue weighted by molar-refractivity contribution is -0.135. The molecule has 3 atom stereocenters. The lowest BCUT2D eigenvalue weighted by atomic mass is 10.1. The van der Waals surface area contributed by atoms with E-state index >= 15 is 0 Å². The Bertz CT molecular complexity index is 470. The third kappa shape index (κ3) is 3.75. The van der Waals surface area contributed by atoms with Gasteiger partial charge in [0.15, 0.2) is 0 Å². The predicted octanol–water partition coefficient (Wildman–Crippen LogP) is 0.387. The number of hydrogen-bond acceptors (Lipinski definition) is 4. The maximum Gasteiger partial charge on any atom is 0.228 e. The molecule has 0 aliphatic carbocycles. The molecule has 0 spiro atoms. The molecule has 0 saturated carbocycles. The number of amides is 2. The highest BCUT2D eigenvalue weighted by atomic mass is 16.2. The van der Waals surface area contributed by atoms with Crippen LogP contribution in [-0.2, 0) is 9.59 Å². The zero-order valence-electron chi connectivity index (χ0n) is 15.2. The molecule has 0 aromatic carbocycles. The highest BCUT2D eigenvalue weighted by Crippen LogP contribution is 2.26. The fraction of sp³-hybridized carbons (Fsp3) is 0.889. The fourth-order valence-corrected chi connectivity index (χ4v) is 4.63. The van der Waals surface area contributed by atoms with Gasteiger partial charge in [0.25, 0.3) is 0 Å². The van der Waals surface area contributed by atoms with E-state index in [0.717, 1.165) is 45.7 Å². The maximum absolute atomic E-state index is 12.8. The number of nitrogens with zero attached hydrogens (tertiary/aromatic N) is 3. The first-order valence-electron chi connectivity index (χ1n) is 9.57. The number of likely N-dealkylation sites (N-methyl/N-ethyl adjacent to an activating group) is 1. The van der Waals surface area contributed by atoms with Crippen molar-refractivity contribution in [1.29, 1.82) is 0 Å². The van der Waals surface area contributed by atoms with Gasteiger partial charge in [-0.05, 0) is 51.9 Å². The van der Waals surface area contributed by atoms with Gasteiger partial charge < -0.3 is 15.1 Å². The Morgan fingerprint density at radius 1 is 1.25 bits per heavy atom. The first-order chi connectivity index (χ1) is 11.6. The van der Waals surface area contributed by atoms with Gasteiger partial charge in [-0.1, -0.05) is 6.92 Å². The molecule has 3 unspecified atom stereocenters. The summed E-state index contributed by atoms with van der Waals surface area (Å²) in [5, 5.41) is 3.20. The third-order valence-electron chi connectivity index (χ3n) is 5.99. The highest BCUT2D eigenvalue weighted by molar-refractivity contribution is 5.89. The van der Waals surface area contributed by atoms with E-state index in [0.29, 0.717) is 24.9 Å². The normalized spacial score (nSPS) is 31.4. The van der Waals surface area contributed by atoms with Gasteiger partial charge in [0.2, 0.25) is 11.8 Å². The Labute approximate surface area is 145 Å². The summed E-state index contributed by atoms with van der Waals surface area (Å²) in [5.74, 6) is 0.802. The molecule has 3 fully saturated rings. The Balaban J connectivity index is 1.52. The number of hydrogen-bond donors (Lipinski definition) is 1. The summed E-state index contributed by atoms with van der Waals surface area (Å²) in [5.41, 5.74) is 0. The molecule has 136 valence electrons. The second-order valence-electron chi connectivity index (χ2n) is 7.62. The summed E-state index contributed by atoms with van der Waals surface area (Å²) in [7, 11) is 1.96. The number of carbonyl (C=O) groups is 2. The minimum atomic E-state index is -0.123. The van der Waals surface area contributed by atoms with Crippen LogP contribution in [0.3, 0.4) is 0 Å². The molecule has 6 heteroatoms. The fourth-order valence-electron chi connectivity index (χ4n) is 4.63. The van der Waals surface area contributed by atoms with Crippen molar-refractivity contribution in [2.75, 3.05) is 52.9 Å². The van der Waals surface area contributed by atoms with Crippen molar-refractivity contribution < 1.29 is 9.59 Å². The lowest BCUT2D eigenvalue weighted by Crippen LogP contribution is -2.42. The molecular formula is C18H32N4O2. The van der Waals surface area contributed by atoms with Gasteiger partial charge in [0, 0.05) is 38.6 Å². The quantitative estimate of drug-likeness (QED) is 0.762. The smallest absolute Gasteiger partial charge is 0.228 e. The van der Waals surface area contributed by atoms with Crippen LogP contribution >= 0.6 is 0 Å². The van der Waals surface area contributed by atoms with Gasteiger partial charge in [0.1, 0.15) is 0 Å². The van der Waals surface area contributed by atoms with Crippen molar-refractivity contribution in [2.24, 2.45) is 11.8 Å². The largest absolute Gasteiger partial charge is 0.342 e. The van der Waals surface area contributed by atoms with Gasteiger partial charge in [0.05, 0.1) is 5.92 Å². The van der Waals surface area contributed by atoms with E-state index in [2.05, 4.69) is 17.1 Å². The minimum absolute atomic E-state index is 0.123. The van der Waals surface area contributed by atoms with Crippen molar-refractivity contribution >= 4 is 11.8 Å². The molecule has 3 rings (SSSR count). The molecule has 0 aromatic heterocycles. The van der Waals surface area contributed by atoms with E-state index in [1.54, 1.807) is 0 Å². The Morgan fingerprint density at radius 3 is 2.83 bits per heavy atom. The lowest BCUT2D eigenvalue weighted by Gasteiger charge is -2.28. The monoisotopic (exact) mass is 336 g/mol. The van der Waals surface area contributed by atoms with E-state index in [9.17, 15) is 9.59 Å². The zero-order valence-corrected chi connectivity index (χ0v) is 15.2. The van der Waals surface area contributed by atoms with Crippen LogP contribution in [0.5, 0.6) is 0 Å². The summed E-state index contributed by atoms with van der Waals surface area (Å²) in [4.78, 5) is 31.5. The molecule has 2 amide bonds. The summed E-state index contributed by atoms with van der Waals surface area (Å²) in [6.45, 7) is 8.47. The van der Waals surface area contributed by atoms with Crippen LogP contribution in [0.4, 0.5) is 0 Å². The van der Waals surface area contributed by atoms with E-state index in [1.165, 1.54) is 12.8 Å². The average molecular weight is 336 g/mol. The zero-order chi connectivity index (χ0) is 17.1. The molecule has 1 N–H and O–H groups in total. The Kier molecular flexibility index (Phi) is 5.76. The first kappa shape index (κ1) is 17.7. The summed E-state index contributed by atoms with van der Waals surface area (Å²) in [6.07, 6.45) is 3.88. The van der Waals surface area contributed by atoms with Crippen LogP contribution in [0.15, 0.2) is 0 Å². The van der Waals surface area contributed by atoms with Crippen molar-refractivity contribution in [3.63, 3.8) is 0 Å². The van der Waals surface area contributed by atoms with Gasteiger partial charge in [-0.15, -0.1) is 0 Å². The average Bonchev–Trinajstić information content (AvgIpc) is 3.28. The van der Waals surface area contributed by atoms with E-state index in [1.807, 2.05) is 16.8 Å². The maximum atomic E-state index is 12.8. The van der Waals surface area contributed by atoms with Gasteiger partial charge in [-0.3, -0.25) is 14.5 Å². The molecule has 6 nitrogen and oxygen atoms in total. The van der Waals surface area contributed by atoms with Crippen molar-refractivity contribution in [3.05, 3.63) is 0 Å². The highest BCUT2D eigenvalue weighted by Gasteiger charge is 2.39. The van der Waals surface area contributed by atoms with Crippen molar-refractivity contribution in [3.8, 4) is 0 Å². The van der Waals surface area contributed by atoms with E-state index < -0.39 is 0 Å². The summed E-state index contributed by atoms with van der Waals surface area (Å²) in [6, 6.07) is 0.486. The molecule has 24 heavy (non-hydrogen) atoms. The van der Waals surface area contributed by atoms with Gasteiger partial charge >= 0.3 is 0 Å². The Morgan fingerprint density at radius 2 is 2.08 bits per heavy atom. The summed E-state index contributed by atoms with van der Waals surface area (Å²) >= 11 is 0. The third-order valence-corrected chi connectivity index (χ3v) is 5.99. The molecule has 0 aromatic rings. The first-order valence-corrected chi connectivity index (χ1v) is 9.57. The number of nitrogens with one attached hydrogen (secondary N) is 1. The number of rotatable bonds is 6. The van der Waals surface area contributed by atoms with E-state index in [-0.39, 0.29) is 17.7 Å². The molecule has 0 radical (unpaired) electrons. The van der Waals surface area contributed by atoms with Crippen LogP contribution < -0.4 is 5.32 Å². The van der Waals surface area contributed by atoms with Crippen LogP contribution in [0, 0.1) is 11.8 Å². The SMILES string of the molecule is CCN1CCCC1CN1CC(C(=O)N2CCC(CNC)C2)CC1=O. The van der Waals surface area contributed by atoms with Gasteiger partial charge in [-0.2, -0.15) is 0 Å². The minimum Gasteiger partial charge on any atom is -0.342 e. The van der Waals surface area contributed by atoms with Crippen LogP contribution in [0.25, 0.3) is 0 Å². The number of likely N-dealkylation sites (tertiary alicyclic amines) is 3. The Hall–Kier alpha value is -1.14. The molecule has 3 aliphatic rings. The molecule has 3 aliphatic heterocycles. The predicted molar refractivity (Wildman–Crippen MR) is 93.6 cm³/mol. The number of carbonyl (C=O) groups excluding carboxylic acids is 2. The molecular weight excluding hydrogens is 304 g/mol. The molecule has 3 saturated heterocycles. The topological polar surface area (TPSA) is 55.9 Å². The van der Waals surface area contributed by atoms with Crippen molar-refractivity contribution in [2.45, 2.75) is 38.6 Å². The second kappa shape index (κ2) is 7.83. The van der Waals surface area contributed by atoms with Crippen molar-refractivity contribution in [1.82, 2.24) is 20.0 Å². The van der Waals surface area contributed by atoms with E-state index in [4.69, 9.17) is 0 Å². The van der Waals surface area contributed by atoms with Crippen LogP contribution in [0.1, 0.15) is 32.6 Å². The molecule has 3 heterocycles. The molecule has 0 bridgehead atoms. The summed E-state index contributed by atoms with van der Waals surface area (Å²) < 4.78 is 0.